The van der Waals surface area contributed by atoms with Crippen molar-refractivity contribution < 1.29 is 9.90 Å². The Hall–Kier alpha value is -1.62. The number of rotatable bonds is 5. The molecule has 0 spiro atoms. The quantitative estimate of drug-likeness (QED) is 0.852. The Morgan fingerprint density at radius 1 is 1.50 bits per heavy atom. The van der Waals surface area contributed by atoms with E-state index in [9.17, 15) is 4.79 Å². The Bertz CT molecular complexity index is 416. The summed E-state index contributed by atoms with van der Waals surface area (Å²) in [6.07, 6.45) is 4.12. The third kappa shape index (κ3) is 3.20. The maximum atomic E-state index is 10.9. The van der Waals surface area contributed by atoms with Crippen molar-refractivity contribution >= 4 is 11.8 Å². The monoisotopic (exact) mass is 249 g/mol. The Balaban J connectivity index is 1.93. The molecule has 2 heterocycles. The minimum absolute atomic E-state index is 0.285. The summed E-state index contributed by atoms with van der Waals surface area (Å²) in [5.74, 6) is -0.194. The summed E-state index contributed by atoms with van der Waals surface area (Å²) >= 11 is 0. The van der Waals surface area contributed by atoms with Gasteiger partial charge in [0, 0.05) is 26.3 Å². The second-order valence-electron chi connectivity index (χ2n) is 4.68. The highest BCUT2D eigenvalue weighted by Gasteiger charge is 2.13. The fourth-order valence-corrected chi connectivity index (χ4v) is 2.17. The van der Waals surface area contributed by atoms with Gasteiger partial charge in [-0.3, -0.25) is 0 Å². The molecule has 1 N–H and O–H groups in total. The van der Waals surface area contributed by atoms with Gasteiger partial charge in [0.1, 0.15) is 5.82 Å². The van der Waals surface area contributed by atoms with E-state index in [1.165, 1.54) is 32.0 Å². The van der Waals surface area contributed by atoms with E-state index in [1.807, 2.05) is 11.9 Å². The number of aromatic nitrogens is 1. The molecule has 1 aliphatic heterocycles. The molecule has 0 amide bonds. The summed E-state index contributed by atoms with van der Waals surface area (Å²) < 4.78 is 0. The lowest BCUT2D eigenvalue weighted by atomic mass is 10.2. The van der Waals surface area contributed by atoms with Crippen LogP contribution in [0.4, 0.5) is 5.82 Å². The van der Waals surface area contributed by atoms with Crippen LogP contribution in [0.3, 0.4) is 0 Å². The smallest absolute Gasteiger partial charge is 0.335 e. The lowest BCUT2D eigenvalue weighted by Gasteiger charge is -2.22. The zero-order valence-electron chi connectivity index (χ0n) is 10.7. The number of hydrogen-bond acceptors (Lipinski definition) is 4. The summed E-state index contributed by atoms with van der Waals surface area (Å²) in [5.41, 5.74) is 0.285. The van der Waals surface area contributed by atoms with Crippen molar-refractivity contribution in [3.05, 3.63) is 23.9 Å². The molecule has 0 aromatic carbocycles. The first-order chi connectivity index (χ1) is 8.66. The van der Waals surface area contributed by atoms with Crippen molar-refractivity contribution in [3.63, 3.8) is 0 Å². The van der Waals surface area contributed by atoms with E-state index in [0.717, 1.165) is 13.1 Å². The van der Waals surface area contributed by atoms with Gasteiger partial charge in [0.25, 0.3) is 0 Å². The van der Waals surface area contributed by atoms with E-state index in [-0.39, 0.29) is 5.56 Å². The highest BCUT2D eigenvalue weighted by Crippen LogP contribution is 2.12. The van der Waals surface area contributed by atoms with Crippen LogP contribution < -0.4 is 4.90 Å². The Morgan fingerprint density at radius 2 is 2.22 bits per heavy atom. The van der Waals surface area contributed by atoms with Crippen molar-refractivity contribution in [2.45, 2.75) is 12.8 Å². The molecule has 1 saturated heterocycles. The number of pyridine rings is 1. The molecule has 1 aliphatic rings. The number of nitrogens with zero attached hydrogens (tertiary/aromatic N) is 3. The van der Waals surface area contributed by atoms with E-state index in [1.54, 1.807) is 12.3 Å². The van der Waals surface area contributed by atoms with Gasteiger partial charge < -0.3 is 14.9 Å². The zero-order chi connectivity index (χ0) is 13.0. The molecule has 5 heteroatoms. The average Bonchev–Trinajstić information content (AvgIpc) is 2.89. The predicted molar refractivity (Wildman–Crippen MR) is 70.1 cm³/mol. The van der Waals surface area contributed by atoms with Gasteiger partial charge in [-0.05, 0) is 38.1 Å². The van der Waals surface area contributed by atoms with Crippen LogP contribution >= 0.6 is 0 Å². The molecule has 0 radical (unpaired) electrons. The molecule has 0 unspecified atom stereocenters. The van der Waals surface area contributed by atoms with Crippen LogP contribution in [0, 0.1) is 0 Å². The van der Waals surface area contributed by atoms with Gasteiger partial charge in [-0.1, -0.05) is 0 Å². The SMILES string of the molecule is CN(CCN1CCCC1)c1cc(C(=O)O)ccn1. The summed E-state index contributed by atoms with van der Waals surface area (Å²) in [6, 6.07) is 3.13. The lowest BCUT2D eigenvalue weighted by molar-refractivity contribution is 0.0697. The number of likely N-dealkylation sites (tertiary alicyclic amines) is 1. The maximum Gasteiger partial charge on any atom is 0.335 e. The Labute approximate surface area is 107 Å². The number of likely N-dealkylation sites (N-methyl/N-ethyl adjacent to an activating group) is 1. The average molecular weight is 249 g/mol. The molecular weight excluding hydrogens is 230 g/mol. The van der Waals surface area contributed by atoms with E-state index in [0.29, 0.717) is 5.82 Å². The Morgan fingerprint density at radius 3 is 2.89 bits per heavy atom. The van der Waals surface area contributed by atoms with Crippen LogP contribution in [-0.2, 0) is 0 Å². The number of carboxylic acids is 1. The van der Waals surface area contributed by atoms with Gasteiger partial charge in [0.05, 0.1) is 5.56 Å². The predicted octanol–water partition coefficient (Wildman–Crippen LogP) is 1.31. The van der Waals surface area contributed by atoms with E-state index in [2.05, 4.69) is 9.88 Å². The first-order valence-electron chi connectivity index (χ1n) is 6.29. The zero-order valence-corrected chi connectivity index (χ0v) is 10.7. The van der Waals surface area contributed by atoms with Crippen molar-refractivity contribution in [2.75, 3.05) is 38.1 Å². The first kappa shape index (κ1) is 12.8. The number of hydrogen-bond donors (Lipinski definition) is 1. The summed E-state index contributed by atoms with van der Waals surface area (Å²) in [7, 11) is 1.95. The minimum atomic E-state index is -0.911. The molecule has 1 fully saturated rings. The molecular formula is C13H19N3O2. The standard InChI is InChI=1S/C13H19N3O2/c1-15(8-9-16-6-2-3-7-16)12-10-11(13(17)18)4-5-14-12/h4-5,10H,2-3,6-9H2,1H3,(H,17,18). The molecule has 5 nitrogen and oxygen atoms in total. The van der Waals surface area contributed by atoms with Crippen LogP contribution in [-0.4, -0.2) is 54.2 Å². The summed E-state index contributed by atoms with van der Waals surface area (Å²) in [4.78, 5) is 19.5. The maximum absolute atomic E-state index is 10.9. The fraction of sp³-hybridized carbons (Fsp3) is 0.538. The number of anilines is 1. The van der Waals surface area contributed by atoms with Gasteiger partial charge in [-0.2, -0.15) is 0 Å². The second kappa shape index (κ2) is 5.82. The first-order valence-corrected chi connectivity index (χ1v) is 6.29. The lowest BCUT2D eigenvalue weighted by Crippen LogP contribution is -2.31. The van der Waals surface area contributed by atoms with Crippen LogP contribution in [0.15, 0.2) is 18.3 Å². The second-order valence-corrected chi connectivity index (χ2v) is 4.68. The molecule has 0 aliphatic carbocycles. The summed E-state index contributed by atoms with van der Waals surface area (Å²) in [6.45, 7) is 4.23. The largest absolute Gasteiger partial charge is 0.478 e. The van der Waals surface area contributed by atoms with Gasteiger partial charge in [0.15, 0.2) is 0 Å². The highest BCUT2D eigenvalue weighted by molar-refractivity contribution is 5.88. The Kier molecular flexibility index (Phi) is 4.15. The molecule has 0 saturated carbocycles. The molecule has 1 aromatic rings. The van der Waals surface area contributed by atoms with Gasteiger partial charge in [-0.15, -0.1) is 0 Å². The number of carbonyl (C=O) groups is 1. The molecule has 1 aromatic heterocycles. The van der Waals surface area contributed by atoms with Crippen LogP contribution in [0.2, 0.25) is 0 Å². The highest BCUT2D eigenvalue weighted by atomic mass is 16.4. The van der Waals surface area contributed by atoms with Crippen molar-refractivity contribution in [1.82, 2.24) is 9.88 Å². The van der Waals surface area contributed by atoms with E-state index >= 15 is 0 Å². The number of aromatic carboxylic acids is 1. The van der Waals surface area contributed by atoms with Crippen molar-refractivity contribution in [3.8, 4) is 0 Å². The van der Waals surface area contributed by atoms with Gasteiger partial charge in [-0.25, -0.2) is 9.78 Å². The normalized spacial score (nSPS) is 15.8. The third-order valence-electron chi connectivity index (χ3n) is 3.33. The summed E-state index contributed by atoms with van der Waals surface area (Å²) in [5, 5.41) is 8.94. The van der Waals surface area contributed by atoms with Crippen LogP contribution in [0.1, 0.15) is 23.2 Å². The number of carboxylic acid groups (broad SMARTS) is 1. The molecule has 18 heavy (non-hydrogen) atoms. The van der Waals surface area contributed by atoms with Crippen LogP contribution in [0.5, 0.6) is 0 Å². The van der Waals surface area contributed by atoms with Gasteiger partial charge >= 0.3 is 5.97 Å². The molecule has 0 atom stereocenters. The molecule has 2 rings (SSSR count). The van der Waals surface area contributed by atoms with Gasteiger partial charge in [0.2, 0.25) is 0 Å². The molecule has 0 bridgehead atoms. The van der Waals surface area contributed by atoms with Crippen LogP contribution in [0.25, 0.3) is 0 Å². The van der Waals surface area contributed by atoms with Crippen molar-refractivity contribution in [2.24, 2.45) is 0 Å². The fourth-order valence-electron chi connectivity index (χ4n) is 2.17. The third-order valence-corrected chi connectivity index (χ3v) is 3.33. The minimum Gasteiger partial charge on any atom is -0.478 e. The molecule has 98 valence electrons. The van der Waals surface area contributed by atoms with E-state index in [4.69, 9.17) is 5.11 Å². The van der Waals surface area contributed by atoms with Crippen molar-refractivity contribution in [1.29, 1.82) is 0 Å². The van der Waals surface area contributed by atoms with E-state index < -0.39 is 5.97 Å². The topological polar surface area (TPSA) is 56.7 Å².